The Labute approximate surface area is 101 Å². The third-order valence-corrected chi connectivity index (χ3v) is 3.04. The molecule has 0 saturated carbocycles. The summed E-state index contributed by atoms with van der Waals surface area (Å²) in [5.41, 5.74) is 10.7. The van der Waals surface area contributed by atoms with Crippen LogP contribution in [-0.4, -0.2) is 14.9 Å². The van der Waals surface area contributed by atoms with Crippen LogP contribution in [0.3, 0.4) is 0 Å². The first kappa shape index (κ1) is 11.3. The van der Waals surface area contributed by atoms with E-state index in [1.54, 1.807) is 11.3 Å². The normalized spacial score (nSPS) is 10.4. The van der Waals surface area contributed by atoms with Gasteiger partial charge in [-0.1, -0.05) is 6.07 Å². The maximum Gasteiger partial charge on any atom is 0.205 e. The van der Waals surface area contributed by atoms with Crippen LogP contribution < -0.4 is 22.3 Å². The molecule has 0 unspecified atom stereocenters. The Kier molecular flexibility index (Phi) is 2.88. The van der Waals surface area contributed by atoms with E-state index in [0.29, 0.717) is 11.3 Å². The number of aromatic nitrogens is 2. The van der Waals surface area contributed by atoms with Gasteiger partial charge in [-0.15, -0.1) is 16.1 Å². The predicted molar refractivity (Wildman–Crippen MR) is 65.7 cm³/mol. The second kappa shape index (κ2) is 4.34. The van der Waals surface area contributed by atoms with Gasteiger partial charge in [0.15, 0.2) is 17.5 Å². The van der Waals surface area contributed by atoms with Crippen molar-refractivity contribution in [3.05, 3.63) is 27.9 Å². The lowest BCUT2D eigenvalue weighted by atomic mass is 10.4. The van der Waals surface area contributed by atoms with Crippen molar-refractivity contribution >= 4 is 28.8 Å². The molecule has 0 bridgehead atoms. The van der Waals surface area contributed by atoms with Gasteiger partial charge in [0.05, 0.1) is 6.54 Å². The molecular formula is C9H12N6OS. The van der Waals surface area contributed by atoms with Crippen molar-refractivity contribution in [1.29, 1.82) is 5.41 Å². The Bertz CT molecular complexity index is 576. The molecule has 90 valence electrons. The zero-order valence-electron chi connectivity index (χ0n) is 8.84. The summed E-state index contributed by atoms with van der Waals surface area (Å²) in [5.74, 6) is 0.130. The highest BCUT2D eigenvalue weighted by Crippen LogP contribution is 2.16. The van der Waals surface area contributed by atoms with E-state index in [-0.39, 0.29) is 22.9 Å². The fourth-order valence-corrected chi connectivity index (χ4v) is 1.92. The van der Waals surface area contributed by atoms with Crippen LogP contribution >= 0.6 is 11.3 Å². The number of nitrogens with one attached hydrogen (secondary N) is 2. The fourth-order valence-electron chi connectivity index (χ4n) is 1.27. The Morgan fingerprint density at radius 2 is 2.29 bits per heavy atom. The molecule has 7 nitrogen and oxygen atoms in total. The van der Waals surface area contributed by atoms with E-state index in [1.165, 1.54) is 0 Å². The molecule has 0 aliphatic rings. The molecule has 8 heteroatoms. The summed E-state index contributed by atoms with van der Waals surface area (Å²) < 4.78 is 0.499. The van der Waals surface area contributed by atoms with Crippen molar-refractivity contribution in [1.82, 2.24) is 9.71 Å². The Hall–Kier alpha value is -2.22. The monoisotopic (exact) mass is 252 g/mol. The van der Waals surface area contributed by atoms with Crippen LogP contribution in [0.25, 0.3) is 0 Å². The lowest BCUT2D eigenvalue weighted by Gasteiger charge is -2.11. The third kappa shape index (κ3) is 2.16. The average molecular weight is 252 g/mol. The summed E-state index contributed by atoms with van der Waals surface area (Å²) in [6.45, 7) is 0.533. The predicted octanol–water partition coefficient (Wildman–Crippen LogP) is 0.438. The van der Waals surface area contributed by atoms with E-state index in [0.717, 1.165) is 4.88 Å². The van der Waals surface area contributed by atoms with E-state index < -0.39 is 0 Å². The minimum atomic E-state index is -0.329. The van der Waals surface area contributed by atoms with Gasteiger partial charge in [-0.05, 0) is 11.4 Å². The largest absolute Gasteiger partial charge is 0.425 e. The summed E-state index contributed by atoms with van der Waals surface area (Å²) in [5, 5.41) is 21.8. The molecule has 2 rings (SSSR count). The molecule has 0 atom stereocenters. The van der Waals surface area contributed by atoms with Crippen molar-refractivity contribution < 1.29 is 5.21 Å². The number of nitrogens with two attached hydrogens (primary N) is 2. The summed E-state index contributed by atoms with van der Waals surface area (Å²) in [6.07, 6.45) is 0. The highest BCUT2D eigenvalue weighted by Gasteiger charge is 2.09. The van der Waals surface area contributed by atoms with Gasteiger partial charge in [0.1, 0.15) is 0 Å². The van der Waals surface area contributed by atoms with Gasteiger partial charge in [0, 0.05) is 4.88 Å². The van der Waals surface area contributed by atoms with Gasteiger partial charge in [-0.3, -0.25) is 5.41 Å². The third-order valence-electron chi connectivity index (χ3n) is 2.17. The molecule has 2 aromatic rings. The molecule has 2 heterocycles. The average Bonchev–Trinajstić information content (AvgIpc) is 2.82. The number of rotatable bonds is 3. The maximum atomic E-state index is 9.47. The molecule has 17 heavy (non-hydrogen) atoms. The first-order valence-electron chi connectivity index (χ1n) is 4.77. The second-order valence-corrected chi connectivity index (χ2v) is 4.36. The standard InChI is InChI=1S/C9H12N6OS/c10-6-7(11)15(16)8(12)9(14-6)13-4-5-2-1-3-17-5/h1-3,11,13,16H,4,12H2,(H2,10,14). The summed E-state index contributed by atoms with van der Waals surface area (Å²) in [7, 11) is 0. The molecular weight excluding hydrogens is 240 g/mol. The summed E-state index contributed by atoms with van der Waals surface area (Å²) >= 11 is 1.59. The van der Waals surface area contributed by atoms with Gasteiger partial charge in [0.2, 0.25) is 5.49 Å². The van der Waals surface area contributed by atoms with Gasteiger partial charge in [-0.2, -0.15) is 0 Å². The van der Waals surface area contributed by atoms with E-state index in [9.17, 15) is 5.21 Å². The van der Waals surface area contributed by atoms with Gasteiger partial charge < -0.3 is 22.0 Å². The van der Waals surface area contributed by atoms with Crippen LogP contribution in [0.5, 0.6) is 0 Å². The molecule has 0 radical (unpaired) electrons. The molecule has 0 fully saturated rings. The molecule has 0 spiro atoms. The molecule has 0 aliphatic carbocycles. The number of hydrogen-bond acceptors (Lipinski definition) is 7. The molecule has 7 N–H and O–H groups in total. The van der Waals surface area contributed by atoms with Crippen LogP contribution in [0.1, 0.15) is 4.88 Å². The maximum absolute atomic E-state index is 9.47. The van der Waals surface area contributed by atoms with Crippen LogP contribution in [0, 0.1) is 5.41 Å². The Morgan fingerprint density at radius 3 is 2.94 bits per heavy atom. The number of hydrogen-bond donors (Lipinski definition) is 5. The number of nitrogens with zero attached hydrogens (tertiary/aromatic N) is 2. The molecule has 0 amide bonds. The van der Waals surface area contributed by atoms with E-state index in [4.69, 9.17) is 16.9 Å². The lowest BCUT2D eigenvalue weighted by molar-refractivity contribution is 0.177. The fraction of sp³-hybridized carbons (Fsp3) is 0.111. The molecule has 0 aromatic carbocycles. The van der Waals surface area contributed by atoms with Gasteiger partial charge in [0.25, 0.3) is 0 Å². The molecule has 2 aromatic heterocycles. The van der Waals surface area contributed by atoms with Crippen LogP contribution in [-0.2, 0) is 6.54 Å². The van der Waals surface area contributed by atoms with Crippen molar-refractivity contribution in [2.75, 3.05) is 16.8 Å². The highest BCUT2D eigenvalue weighted by molar-refractivity contribution is 7.09. The minimum Gasteiger partial charge on any atom is -0.425 e. The van der Waals surface area contributed by atoms with Crippen LogP contribution in [0.4, 0.5) is 17.5 Å². The highest BCUT2D eigenvalue weighted by atomic mass is 32.1. The van der Waals surface area contributed by atoms with Crippen LogP contribution in [0.15, 0.2) is 17.5 Å². The lowest BCUT2D eigenvalue weighted by Crippen LogP contribution is -2.26. The number of nitrogen functional groups attached to an aromatic ring is 2. The van der Waals surface area contributed by atoms with Gasteiger partial charge >= 0.3 is 0 Å². The van der Waals surface area contributed by atoms with Crippen molar-refractivity contribution in [2.45, 2.75) is 6.54 Å². The van der Waals surface area contributed by atoms with Gasteiger partial charge in [-0.25, -0.2) is 4.98 Å². The van der Waals surface area contributed by atoms with E-state index in [2.05, 4.69) is 10.3 Å². The molecule has 0 aliphatic heterocycles. The van der Waals surface area contributed by atoms with Crippen molar-refractivity contribution in [2.24, 2.45) is 0 Å². The topological polar surface area (TPSA) is 126 Å². The van der Waals surface area contributed by atoms with E-state index in [1.807, 2.05) is 17.5 Å². The zero-order chi connectivity index (χ0) is 12.4. The quantitative estimate of drug-likeness (QED) is 0.507. The first-order valence-corrected chi connectivity index (χ1v) is 5.65. The number of anilines is 3. The van der Waals surface area contributed by atoms with Crippen molar-refractivity contribution in [3.8, 4) is 0 Å². The zero-order valence-corrected chi connectivity index (χ0v) is 9.66. The second-order valence-electron chi connectivity index (χ2n) is 3.32. The Balaban J connectivity index is 2.25. The minimum absolute atomic E-state index is 0.0410. The number of thiophene rings is 1. The summed E-state index contributed by atoms with van der Waals surface area (Å²) in [4.78, 5) is 5.01. The van der Waals surface area contributed by atoms with E-state index >= 15 is 0 Å². The van der Waals surface area contributed by atoms with Crippen molar-refractivity contribution in [3.63, 3.8) is 0 Å². The Morgan fingerprint density at radius 1 is 1.53 bits per heavy atom. The SMILES string of the molecule is N=c1c(N)nc(NCc2cccs2)c(N)n1O. The smallest absolute Gasteiger partial charge is 0.205 e. The first-order chi connectivity index (χ1) is 8.09. The molecule has 0 saturated heterocycles. The summed E-state index contributed by atoms with van der Waals surface area (Å²) in [6, 6.07) is 3.90. The van der Waals surface area contributed by atoms with Crippen LogP contribution in [0.2, 0.25) is 0 Å².